The highest BCUT2D eigenvalue weighted by Crippen LogP contribution is 2.47. The van der Waals surface area contributed by atoms with E-state index < -0.39 is 0 Å². The minimum atomic E-state index is 0.902. The molecule has 0 saturated carbocycles. The van der Waals surface area contributed by atoms with Crippen molar-refractivity contribution in [1.29, 1.82) is 0 Å². The molecule has 8 aromatic carbocycles. The average molecular weight is 662 g/mol. The highest BCUT2D eigenvalue weighted by atomic mass is 16.3. The van der Waals surface area contributed by atoms with E-state index >= 15 is 0 Å². The molecule has 52 heavy (non-hydrogen) atoms. The van der Waals surface area contributed by atoms with Crippen LogP contribution in [0.2, 0.25) is 0 Å². The van der Waals surface area contributed by atoms with Gasteiger partial charge in [0.05, 0.1) is 22.1 Å². The van der Waals surface area contributed by atoms with Gasteiger partial charge in [0.1, 0.15) is 11.2 Å². The summed E-state index contributed by atoms with van der Waals surface area (Å²) in [6.07, 6.45) is 4.30. The van der Waals surface area contributed by atoms with Gasteiger partial charge in [-0.1, -0.05) is 121 Å². The number of rotatable bonds is 3. The third-order valence-electron chi connectivity index (χ3n) is 11.6. The van der Waals surface area contributed by atoms with Crippen LogP contribution in [0.3, 0.4) is 0 Å². The average Bonchev–Trinajstić information content (AvgIpc) is 3.97. The van der Waals surface area contributed by atoms with Crippen LogP contribution in [0, 0.1) is 0 Å². The summed E-state index contributed by atoms with van der Waals surface area (Å²) in [7, 11) is 0. The molecule has 2 nitrogen and oxygen atoms in total. The molecule has 0 unspecified atom stereocenters. The van der Waals surface area contributed by atoms with Gasteiger partial charge in [-0.25, -0.2) is 0 Å². The molecule has 0 radical (unpaired) electrons. The van der Waals surface area contributed by atoms with Crippen molar-refractivity contribution >= 4 is 66.2 Å². The Morgan fingerprint density at radius 3 is 2.17 bits per heavy atom. The number of nitrogens with zero attached hydrogens (tertiary/aromatic N) is 1. The molecule has 0 atom stereocenters. The van der Waals surface area contributed by atoms with Crippen LogP contribution in [0.15, 0.2) is 162 Å². The van der Waals surface area contributed by atoms with Crippen molar-refractivity contribution < 1.29 is 4.42 Å². The fourth-order valence-corrected chi connectivity index (χ4v) is 9.29. The number of para-hydroxylation sites is 1. The lowest BCUT2D eigenvalue weighted by molar-refractivity contribution is 0.669. The number of allylic oxidation sites excluding steroid dienone is 1. The maximum Gasteiger partial charge on any atom is 0.138 e. The second-order valence-corrected chi connectivity index (χ2v) is 14.4. The SMILES string of the molecule is C1=C(c2ccccc2)Cc2cccc(-c3cc(-n4c5ccccc5c5cc6c(cc54)-c4ccccc4C6)c4c(c3)oc3ccc5ccccc5c34)c21. The quantitative estimate of drug-likeness (QED) is 0.184. The predicted octanol–water partition coefficient (Wildman–Crippen LogP) is 13.2. The van der Waals surface area contributed by atoms with Crippen molar-refractivity contribution in [2.24, 2.45) is 0 Å². The summed E-state index contributed by atoms with van der Waals surface area (Å²) >= 11 is 0. The molecule has 0 bridgehead atoms. The first-order valence-corrected chi connectivity index (χ1v) is 18.2. The van der Waals surface area contributed by atoms with Crippen molar-refractivity contribution in [2.75, 3.05) is 0 Å². The van der Waals surface area contributed by atoms with Crippen LogP contribution >= 0.6 is 0 Å². The van der Waals surface area contributed by atoms with E-state index in [0.29, 0.717) is 0 Å². The molecule has 2 heteroatoms. The Morgan fingerprint density at radius 1 is 0.442 bits per heavy atom. The Hall–Kier alpha value is -6.64. The molecule has 2 aliphatic rings. The van der Waals surface area contributed by atoms with Gasteiger partial charge in [-0.3, -0.25) is 0 Å². The zero-order chi connectivity index (χ0) is 33.9. The summed E-state index contributed by atoms with van der Waals surface area (Å²) in [6.45, 7) is 0. The van der Waals surface area contributed by atoms with Gasteiger partial charge in [0.15, 0.2) is 0 Å². The minimum absolute atomic E-state index is 0.902. The van der Waals surface area contributed by atoms with Crippen molar-refractivity contribution in [3.63, 3.8) is 0 Å². The molecule has 2 aromatic heterocycles. The van der Waals surface area contributed by atoms with Crippen LogP contribution in [0.5, 0.6) is 0 Å². The smallest absolute Gasteiger partial charge is 0.138 e. The highest BCUT2D eigenvalue weighted by Gasteiger charge is 2.26. The Bertz CT molecular complexity index is 3170. The molecule has 0 fully saturated rings. The first-order valence-electron chi connectivity index (χ1n) is 18.2. The maximum absolute atomic E-state index is 6.89. The van der Waals surface area contributed by atoms with Gasteiger partial charge in [0.25, 0.3) is 0 Å². The first-order chi connectivity index (χ1) is 25.8. The van der Waals surface area contributed by atoms with E-state index in [1.807, 2.05) is 0 Å². The van der Waals surface area contributed by atoms with Crippen molar-refractivity contribution in [2.45, 2.75) is 12.8 Å². The van der Waals surface area contributed by atoms with Gasteiger partial charge in [0.2, 0.25) is 0 Å². The molecule has 0 amide bonds. The Kier molecular flexibility index (Phi) is 5.64. The van der Waals surface area contributed by atoms with Crippen LogP contribution < -0.4 is 0 Å². The van der Waals surface area contributed by atoms with Gasteiger partial charge in [-0.05, 0) is 122 Å². The zero-order valence-electron chi connectivity index (χ0n) is 28.4. The highest BCUT2D eigenvalue weighted by molar-refractivity contribution is 6.23. The molecule has 0 saturated heterocycles. The topological polar surface area (TPSA) is 18.1 Å². The Labute approximate surface area is 300 Å². The molecular weight excluding hydrogens is 631 g/mol. The third kappa shape index (κ3) is 3.89. The van der Waals surface area contributed by atoms with Crippen LogP contribution in [0.25, 0.3) is 94.1 Å². The summed E-state index contributed by atoms with van der Waals surface area (Å²) in [4.78, 5) is 0. The minimum Gasteiger partial charge on any atom is -0.456 e. The number of fused-ring (bicyclic) bond motifs is 12. The van der Waals surface area contributed by atoms with Crippen LogP contribution in [-0.4, -0.2) is 4.57 Å². The van der Waals surface area contributed by atoms with E-state index in [9.17, 15) is 0 Å². The zero-order valence-corrected chi connectivity index (χ0v) is 28.4. The van der Waals surface area contributed by atoms with Crippen molar-refractivity contribution in [3.8, 4) is 27.9 Å². The molecule has 0 N–H and O–H groups in total. The number of hydrogen-bond acceptors (Lipinski definition) is 1. The van der Waals surface area contributed by atoms with E-state index in [1.54, 1.807) is 0 Å². The number of hydrogen-bond donors (Lipinski definition) is 0. The lowest BCUT2D eigenvalue weighted by Gasteiger charge is -2.15. The van der Waals surface area contributed by atoms with Crippen molar-refractivity contribution in [3.05, 3.63) is 186 Å². The van der Waals surface area contributed by atoms with E-state index in [0.717, 1.165) is 46.0 Å². The van der Waals surface area contributed by atoms with Crippen LogP contribution in [-0.2, 0) is 12.8 Å². The normalized spacial score (nSPS) is 13.3. The number of aromatic nitrogens is 1. The van der Waals surface area contributed by atoms with Crippen LogP contribution in [0.4, 0.5) is 0 Å². The fraction of sp³-hybridized carbons (Fsp3) is 0.0400. The number of furan rings is 1. The molecular formula is C50H31NO. The fourth-order valence-electron chi connectivity index (χ4n) is 9.29. The van der Waals surface area contributed by atoms with Gasteiger partial charge in [-0.2, -0.15) is 0 Å². The molecule has 0 aliphatic heterocycles. The molecule has 2 aliphatic carbocycles. The van der Waals surface area contributed by atoms with Crippen LogP contribution in [0.1, 0.15) is 27.8 Å². The molecule has 242 valence electrons. The standard InChI is InChI=1S/C50H31NO/c1-2-11-30(12-3-1)34-23-33-15-10-19-38(41(33)25-34)36-27-46(50-48(28-36)52-47-22-21-31-13-4-7-17-39(31)49(47)50)51-44-20-9-8-18-40(44)43-26-35-24-32-14-5-6-16-37(32)42(35)29-45(43)51/h1-22,25-29H,23-24H2. The first kappa shape index (κ1) is 28.1. The largest absolute Gasteiger partial charge is 0.456 e. The lowest BCUT2D eigenvalue weighted by Crippen LogP contribution is -1.97. The van der Waals surface area contributed by atoms with Gasteiger partial charge in [-0.15, -0.1) is 0 Å². The molecule has 2 heterocycles. The van der Waals surface area contributed by atoms with E-state index in [4.69, 9.17) is 4.42 Å². The van der Waals surface area contributed by atoms with E-state index in [1.165, 1.54) is 82.7 Å². The monoisotopic (exact) mass is 661 g/mol. The molecule has 10 aromatic rings. The summed E-state index contributed by atoms with van der Waals surface area (Å²) < 4.78 is 9.40. The van der Waals surface area contributed by atoms with Gasteiger partial charge in [0, 0.05) is 16.2 Å². The Morgan fingerprint density at radius 2 is 1.23 bits per heavy atom. The summed E-state index contributed by atoms with van der Waals surface area (Å²) in [6, 6.07) is 58.0. The van der Waals surface area contributed by atoms with Gasteiger partial charge >= 0.3 is 0 Å². The maximum atomic E-state index is 6.89. The number of benzene rings is 8. The molecule has 12 rings (SSSR count). The van der Waals surface area contributed by atoms with E-state index in [-0.39, 0.29) is 0 Å². The molecule has 0 spiro atoms. The third-order valence-corrected chi connectivity index (χ3v) is 11.6. The Balaban J connectivity index is 1.21. The van der Waals surface area contributed by atoms with Crippen molar-refractivity contribution in [1.82, 2.24) is 4.57 Å². The van der Waals surface area contributed by atoms with E-state index in [2.05, 4.69) is 168 Å². The second kappa shape index (κ2) is 10.4. The lowest BCUT2D eigenvalue weighted by atomic mass is 9.94. The summed E-state index contributed by atoms with van der Waals surface area (Å²) in [5.74, 6) is 0. The van der Waals surface area contributed by atoms with Gasteiger partial charge < -0.3 is 8.98 Å². The summed E-state index contributed by atoms with van der Waals surface area (Å²) in [5.41, 5.74) is 18.5. The second-order valence-electron chi connectivity index (χ2n) is 14.4. The summed E-state index contributed by atoms with van der Waals surface area (Å²) in [5, 5.41) is 7.28. The predicted molar refractivity (Wildman–Crippen MR) is 217 cm³/mol.